The molecule has 0 radical (unpaired) electrons. The zero-order valence-electron chi connectivity index (χ0n) is 10.5. The number of hydrogen-bond acceptors (Lipinski definition) is 2. The van der Waals surface area contributed by atoms with Crippen LogP contribution in [0.2, 0.25) is 5.02 Å². The molecule has 0 aliphatic heterocycles. The Kier molecular flexibility index (Phi) is 4.46. The highest BCUT2D eigenvalue weighted by molar-refractivity contribution is 6.31. The maximum Gasteiger partial charge on any atom is 0.172 e. The summed E-state index contributed by atoms with van der Waals surface area (Å²) in [6.45, 7) is 0. The van der Waals surface area contributed by atoms with Gasteiger partial charge >= 0.3 is 0 Å². The third-order valence-electron chi connectivity index (χ3n) is 3.70. The summed E-state index contributed by atoms with van der Waals surface area (Å²) in [6.07, 6.45) is 4.38. The van der Waals surface area contributed by atoms with Gasteiger partial charge < -0.3 is 9.84 Å². The number of methoxy groups -OCH3 is 1. The van der Waals surface area contributed by atoms with Gasteiger partial charge in [-0.25, -0.2) is 4.39 Å². The number of hydrogen-bond donors (Lipinski definition) is 1. The molecule has 0 amide bonds. The molecule has 0 saturated heterocycles. The van der Waals surface area contributed by atoms with E-state index in [-0.39, 0.29) is 22.3 Å². The van der Waals surface area contributed by atoms with Crippen molar-refractivity contribution < 1.29 is 14.2 Å². The second-order valence-corrected chi connectivity index (χ2v) is 5.23. The molecule has 100 valence electrons. The van der Waals surface area contributed by atoms with E-state index in [1.807, 2.05) is 0 Å². The van der Waals surface area contributed by atoms with Gasteiger partial charge in [0.15, 0.2) is 11.6 Å². The molecule has 1 atom stereocenters. The summed E-state index contributed by atoms with van der Waals surface area (Å²) in [4.78, 5) is 0. The first-order valence-corrected chi connectivity index (χ1v) is 6.73. The molecule has 0 bridgehead atoms. The van der Waals surface area contributed by atoms with Crippen LogP contribution in [0.5, 0.6) is 5.75 Å². The zero-order valence-corrected chi connectivity index (χ0v) is 11.2. The Hall–Kier alpha value is -0.800. The summed E-state index contributed by atoms with van der Waals surface area (Å²) in [7, 11) is 1.41. The fraction of sp³-hybridized carbons (Fsp3) is 0.571. The van der Waals surface area contributed by atoms with Crippen LogP contribution >= 0.6 is 11.6 Å². The quantitative estimate of drug-likeness (QED) is 0.898. The van der Waals surface area contributed by atoms with Gasteiger partial charge in [0, 0.05) is 10.6 Å². The third-order valence-corrected chi connectivity index (χ3v) is 4.03. The highest BCUT2D eigenvalue weighted by Gasteiger charge is 2.28. The van der Waals surface area contributed by atoms with Crippen molar-refractivity contribution >= 4 is 11.6 Å². The van der Waals surface area contributed by atoms with E-state index in [9.17, 15) is 9.50 Å². The van der Waals surface area contributed by atoms with Gasteiger partial charge in [-0.05, 0) is 30.9 Å². The van der Waals surface area contributed by atoms with Gasteiger partial charge in [0.05, 0.1) is 13.2 Å². The maximum atomic E-state index is 14.2. The van der Waals surface area contributed by atoms with E-state index in [0.717, 1.165) is 25.7 Å². The lowest BCUT2D eigenvalue weighted by Gasteiger charge is -2.27. The van der Waals surface area contributed by atoms with Crippen LogP contribution in [-0.4, -0.2) is 12.2 Å². The van der Waals surface area contributed by atoms with Crippen LogP contribution in [0.25, 0.3) is 0 Å². The van der Waals surface area contributed by atoms with Crippen molar-refractivity contribution in [1.82, 2.24) is 0 Å². The van der Waals surface area contributed by atoms with Crippen LogP contribution in [0.4, 0.5) is 4.39 Å². The summed E-state index contributed by atoms with van der Waals surface area (Å²) in [5.41, 5.74) is 0.183. The minimum absolute atomic E-state index is 0.0952. The van der Waals surface area contributed by atoms with E-state index >= 15 is 0 Å². The van der Waals surface area contributed by atoms with E-state index < -0.39 is 11.9 Å². The molecule has 1 unspecified atom stereocenters. The molecule has 0 spiro atoms. The number of ether oxygens (including phenoxy) is 1. The molecule has 1 aliphatic carbocycles. The maximum absolute atomic E-state index is 14.2. The number of benzene rings is 1. The highest BCUT2D eigenvalue weighted by atomic mass is 35.5. The molecule has 0 aromatic heterocycles. The monoisotopic (exact) mass is 272 g/mol. The average Bonchev–Trinajstić information content (AvgIpc) is 2.40. The fourth-order valence-corrected chi connectivity index (χ4v) is 2.92. The van der Waals surface area contributed by atoms with Crippen LogP contribution in [0.1, 0.15) is 43.8 Å². The lowest BCUT2D eigenvalue weighted by Crippen LogP contribution is -2.17. The lowest BCUT2D eigenvalue weighted by molar-refractivity contribution is 0.0812. The fourth-order valence-electron chi connectivity index (χ4n) is 2.66. The van der Waals surface area contributed by atoms with E-state index in [1.54, 1.807) is 6.07 Å². The van der Waals surface area contributed by atoms with Crippen LogP contribution in [0, 0.1) is 11.7 Å². The minimum Gasteiger partial charge on any atom is -0.494 e. The number of rotatable bonds is 3. The topological polar surface area (TPSA) is 29.5 Å². The summed E-state index contributed by atoms with van der Waals surface area (Å²) in [5, 5.41) is 10.6. The second-order valence-electron chi connectivity index (χ2n) is 4.82. The van der Waals surface area contributed by atoms with Gasteiger partial charge in [-0.1, -0.05) is 30.9 Å². The number of aliphatic hydroxyl groups is 1. The van der Waals surface area contributed by atoms with E-state index in [4.69, 9.17) is 16.3 Å². The normalized spacial score (nSPS) is 18.7. The van der Waals surface area contributed by atoms with Crippen LogP contribution in [0.3, 0.4) is 0 Å². The van der Waals surface area contributed by atoms with Crippen molar-refractivity contribution in [3.8, 4) is 5.75 Å². The molecule has 4 heteroatoms. The Balaban J connectivity index is 2.30. The molecule has 1 N–H and O–H groups in total. The SMILES string of the molecule is COc1ccc(Cl)c(C(O)C2CCCCC2)c1F. The van der Waals surface area contributed by atoms with Gasteiger partial charge in [0.2, 0.25) is 0 Å². The first kappa shape index (κ1) is 13.6. The molecular weight excluding hydrogens is 255 g/mol. The van der Waals surface area contributed by atoms with Crippen molar-refractivity contribution in [1.29, 1.82) is 0 Å². The summed E-state index contributed by atoms with van der Waals surface area (Å²) in [5.74, 6) is -0.315. The Morgan fingerprint density at radius 3 is 2.61 bits per heavy atom. The van der Waals surface area contributed by atoms with Crippen LogP contribution in [-0.2, 0) is 0 Å². The van der Waals surface area contributed by atoms with Gasteiger partial charge in [0.1, 0.15) is 0 Å². The smallest absolute Gasteiger partial charge is 0.172 e. The molecule has 2 nitrogen and oxygen atoms in total. The molecule has 1 aromatic carbocycles. The van der Waals surface area contributed by atoms with E-state index in [1.165, 1.54) is 19.6 Å². The average molecular weight is 273 g/mol. The van der Waals surface area contributed by atoms with Crippen molar-refractivity contribution in [2.75, 3.05) is 7.11 Å². The summed E-state index contributed by atoms with van der Waals surface area (Å²) < 4.78 is 19.1. The molecule has 2 rings (SSSR count). The van der Waals surface area contributed by atoms with E-state index in [0.29, 0.717) is 0 Å². The van der Waals surface area contributed by atoms with Gasteiger partial charge in [0.25, 0.3) is 0 Å². The molecular formula is C14H18ClFO2. The third kappa shape index (κ3) is 2.62. The van der Waals surface area contributed by atoms with Crippen molar-refractivity contribution in [3.63, 3.8) is 0 Å². The lowest BCUT2D eigenvalue weighted by atomic mass is 9.82. The Morgan fingerprint density at radius 2 is 2.00 bits per heavy atom. The zero-order chi connectivity index (χ0) is 13.1. The predicted octanol–water partition coefficient (Wildman–Crippen LogP) is 4.10. The summed E-state index contributed by atoms with van der Waals surface area (Å²) >= 11 is 6.02. The highest BCUT2D eigenvalue weighted by Crippen LogP contribution is 2.40. The molecule has 1 saturated carbocycles. The van der Waals surface area contributed by atoms with Crippen molar-refractivity contribution in [2.45, 2.75) is 38.2 Å². The number of halogens is 2. The van der Waals surface area contributed by atoms with Gasteiger partial charge in [-0.2, -0.15) is 0 Å². The Bertz CT molecular complexity index is 417. The molecule has 1 fully saturated rings. The first-order chi connectivity index (χ1) is 8.65. The Morgan fingerprint density at radius 1 is 1.33 bits per heavy atom. The predicted molar refractivity (Wildman–Crippen MR) is 69.5 cm³/mol. The van der Waals surface area contributed by atoms with Crippen molar-refractivity contribution in [3.05, 3.63) is 28.5 Å². The molecule has 1 aliphatic rings. The molecule has 1 aromatic rings. The first-order valence-electron chi connectivity index (χ1n) is 6.35. The van der Waals surface area contributed by atoms with Crippen LogP contribution < -0.4 is 4.74 Å². The molecule has 0 heterocycles. The number of aliphatic hydroxyl groups excluding tert-OH is 1. The van der Waals surface area contributed by atoms with E-state index in [2.05, 4.69) is 0 Å². The minimum atomic E-state index is -0.840. The standard InChI is InChI=1S/C14H18ClFO2/c1-18-11-8-7-10(15)12(13(11)16)14(17)9-5-3-2-4-6-9/h7-9,14,17H,2-6H2,1H3. The van der Waals surface area contributed by atoms with Gasteiger partial charge in [-0.3, -0.25) is 0 Å². The largest absolute Gasteiger partial charge is 0.494 e. The summed E-state index contributed by atoms with van der Waals surface area (Å²) in [6, 6.07) is 3.06. The van der Waals surface area contributed by atoms with Crippen molar-refractivity contribution in [2.24, 2.45) is 5.92 Å². The van der Waals surface area contributed by atoms with Crippen LogP contribution in [0.15, 0.2) is 12.1 Å². The second kappa shape index (κ2) is 5.89. The molecule has 18 heavy (non-hydrogen) atoms. The Labute approximate surface area is 112 Å². The van der Waals surface area contributed by atoms with Gasteiger partial charge in [-0.15, -0.1) is 0 Å².